The highest BCUT2D eigenvalue weighted by molar-refractivity contribution is 6.30. The van der Waals surface area contributed by atoms with Gasteiger partial charge in [-0.2, -0.15) is 0 Å². The van der Waals surface area contributed by atoms with Crippen molar-refractivity contribution in [2.24, 2.45) is 0 Å². The van der Waals surface area contributed by atoms with Crippen LogP contribution in [-0.4, -0.2) is 28.9 Å². The molecule has 4 rings (SSSR count). The molecule has 27 heavy (non-hydrogen) atoms. The van der Waals surface area contributed by atoms with Crippen LogP contribution in [0.5, 0.6) is 0 Å². The Bertz CT molecular complexity index is 823. The van der Waals surface area contributed by atoms with E-state index < -0.39 is 0 Å². The molecule has 140 valence electrons. The number of carbonyl (C=O) groups excluding carboxylic acids is 1. The molecule has 0 saturated carbocycles. The summed E-state index contributed by atoms with van der Waals surface area (Å²) in [5, 5.41) is 0.740. The molecule has 4 nitrogen and oxygen atoms in total. The average Bonchev–Trinajstić information content (AvgIpc) is 3.19. The first-order valence-electron chi connectivity index (χ1n) is 9.40. The van der Waals surface area contributed by atoms with Gasteiger partial charge in [0.15, 0.2) is 0 Å². The van der Waals surface area contributed by atoms with Gasteiger partial charge in [0.25, 0.3) is 0 Å². The monoisotopic (exact) mass is 382 g/mol. The van der Waals surface area contributed by atoms with E-state index in [9.17, 15) is 4.79 Å². The van der Waals surface area contributed by atoms with Crippen LogP contribution in [0.1, 0.15) is 37.2 Å². The number of urea groups is 1. The fraction of sp³-hybridized carbons (Fsp3) is 0.318. The van der Waals surface area contributed by atoms with E-state index in [4.69, 9.17) is 16.3 Å². The molecule has 1 aromatic carbocycles. The zero-order valence-corrected chi connectivity index (χ0v) is 15.9. The zero-order valence-electron chi connectivity index (χ0n) is 15.2. The highest BCUT2D eigenvalue weighted by Gasteiger charge is 2.30. The van der Waals surface area contributed by atoms with Gasteiger partial charge in [-0.15, -0.1) is 0 Å². The van der Waals surface area contributed by atoms with Gasteiger partial charge in [-0.3, -0.25) is 4.90 Å². The van der Waals surface area contributed by atoms with Crippen LogP contribution in [-0.2, 0) is 4.74 Å². The molecule has 3 aliphatic rings. The normalized spacial score (nSPS) is 21.7. The number of nitrogens with zero attached hydrogens (tertiary/aromatic N) is 2. The Labute approximate surface area is 165 Å². The molecule has 5 heteroatoms. The maximum absolute atomic E-state index is 12.9. The van der Waals surface area contributed by atoms with E-state index in [1.54, 1.807) is 17.4 Å². The molecule has 0 aromatic heterocycles. The zero-order chi connectivity index (χ0) is 18.6. The molecule has 0 radical (unpaired) electrons. The minimum Gasteiger partial charge on any atom is -0.466 e. The van der Waals surface area contributed by atoms with Crippen LogP contribution in [0.25, 0.3) is 0 Å². The van der Waals surface area contributed by atoms with Crippen LogP contribution in [0.15, 0.2) is 72.5 Å². The highest BCUT2D eigenvalue weighted by atomic mass is 35.5. The average molecular weight is 383 g/mol. The van der Waals surface area contributed by atoms with Gasteiger partial charge in [-0.25, -0.2) is 4.79 Å². The number of rotatable bonds is 3. The van der Waals surface area contributed by atoms with Crippen LogP contribution in [0.2, 0.25) is 5.02 Å². The fourth-order valence-electron chi connectivity index (χ4n) is 3.75. The van der Waals surface area contributed by atoms with Crippen LogP contribution < -0.4 is 0 Å². The second-order valence-corrected chi connectivity index (χ2v) is 7.58. The minimum atomic E-state index is 0.000957. The summed E-state index contributed by atoms with van der Waals surface area (Å²) in [5.74, 6) is 1.17. The minimum absolute atomic E-state index is 0.000957. The van der Waals surface area contributed by atoms with E-state index >= 15 is 0 Å². The van der Waals surface area contributed by atoms with Gasteiger partial charge in [0, 0.05) is 36.7 Å². The third kappa shape index (κ3) is 4.28. The SMILES string of the molecule is O=C(N1C=COC(CC2=CC=CCC2)=C1)N1CCC(c2ccc(Cl)cc2)C1. The Morgan fingerprint density at radius 1 is 1.26 bits per heavy atom. The Balaban J connectivity index is 1.39. The van der Waals surface area contributed by atoms with Crippen molar-refractivity contribution in [2.45, 2.75) is 31.6 Å². The highest BCUT2D eigenvalue weighted by Crippen LogP contribution is 2.30. The third-order valence-corrected chi connectivity index (χ3v) is 5.50. The molecule has 1 aliphatic carbocycles. The number of allylic oxidation sites excluding steroid dienone is 4. The molecule has 0 bridgehead atoms. The van der Waals surface area contributed by atoms with Gasteiger partial charge in [0.1, 0.15) is 12.0 Å². The summed E-state index contributed by atoms with van der Waals surface area (Å²) >= 11 is 5.98. The Kier molecular flexibility index (Phi) is 5.35. The second kappa shape index (κ2) is 8.05. The Morgan fingerprint density at radius 2 is 2.11 bits per heavy atom. The van der Waals surface area contributed by atoms with Gasteiger partial charge in [0.05, 0.1) is 6.20 Å². The number of hydrogen-bond acceptors (Lipinski definition) is 2. The van der Waals surface area contributed by atoms with E-state index in [0.29, 0.717) is 5.92 Å². The van der Waals surface area contributed by atoms with Crippen LogP contribution in [0.4, 0.5) is 4.79 Å². The predicted molar refractivity (Wildman–Crippen MR) is 107 cm³/mol. The van der Waals surface area contributed by atoms with E-state index in [1.165, 1.54) is 11.1 Å². The molecular weight excluding hydrogens is 360 g/mol. The van der Waals surface area contributed by atoms with E-state index in [2.05, 4.69) is 30.4 Å². The number of hydrogen-bond donors (Lipinski definition) is 0. The quantitative estimate of drug-likeness (QED) is 0.685. The van der Waals surface area contributed by atoms with Crippen LogP contribution in [0.3, 0.4) is 0 Å². The molecular formula is C22H23ClN2O2. The summed E-state index contributed by atoms with van der Waals surface area (Å²) in [5.41, 5.74) is 2.57. The first-order valence-corrected chi connectivity index (χ1v) is 9.78. The van der Waals surface area contributed by atoms with Crippen molar-refractivity contribution in [1.29, 1.82) is 0 Å². The fourth-order valence-corrected chi connectivity index (χ4v) is 3.87. The largest absolute Gasteiger partial charge is 0.466 e. The molecule has 0 spiro atoms. The molecule has 1 aromatic rings. The van der Waals surface area contributed by atoms with Crippen LogP contribution >= 0.6 is 11.6 Å². The van der Waals surface area contributed by atoms with Crippen LogP contribution in [0, 0.1) is 0 Å². The maximum atomic E-state index is 12.9. The number of ether oxygens (including phenoxy) is 1. The van der Waals surface area contributed by atoms with Crippen molar-refractivity contribution >= 4 is 17.6 Å². The van der Waals surface area contributed by atoms with Crippen molar-refractivity contribution in [3.8, 4) is 0 Å². The van der Waals surface area contributed by atoms with Gasteiger partial charge in [-0.1, -0.05) is 47.5 Å². The summed E-state index contributed by atoms with van der Waals surface area (Å²) in [6.45, 7) is 1.49. The smallest absolute Gasteiger partial charge is 0.328 e. The molecule has 2 amide bonds. The van der Waals surface area contributed by atoms with E-state index in [1.807, 2.05) is 23.2 Å². The Hall–Kier alpha value is -2.46. The van der Waals surface area contributed by atoms with Gasteiger partial charge in [-0.05, 0) is 37.0 Å². The summed E-state index contributed by atoms with van der Waals surface area (Å²) in [6.07, 6.45) is 15.3. The lowest BCUT2D eigenvalue weighted by Crippen LogP contribution is -2.37. The maximum Gasteiger partial charge on any atom is 0.328 e. The lowest BCUT2D eigenvalue weighted by atomic mass is 9.99. The van der Waals surface area contributed by atoms with Crippen molar-refractivity contribution in [3.05, 3.63) is 83.1 Å². The van der Waals surface area contributed by atoms with Crippen molar-refractivity contribution in [3.63, 3.8) is 0 Å². The van der Waals surface area contributed by atoms with Crippen molar-refractivity contribution in [1.82, 2.24) is 9.80 Å². The molecule has 2 heterocycles. The molecule has 1 unspecified atom stereocenters. The van der Waals surface area contributed by atoms with Crippen molar-refractivity contribution in [2.75, 3.05) is 13.1 Å². The summed E-state index contributed by atoms with van der Waals surface area (Å²) in [4.78, 5) is 16.5. The first kappa shape index (κ1) is 17.9. The first-order chi connectivity index (χ1) is 13.2. The van der Waals surface area contributed by atoms with E-state index in [-0.39, 0.29) is 6.03 Å². The number of carbonyl (C=O) groups is 1. The molecule has 2 aliphatic heterocycles. The number of amides is 2. The third-order valence-electron chi connectivity index (χ3n) is 5.25. The lowest BCUT2D eigenvalue weighted by Gasteiger charge is -2.26. The van der Waals surface area contributed by atoms with Gasteiger partial charge >= 0.3 is 6.03 Å². The molecule has 1 atom stereocenters. The lowest BCUT2D eigenvalue weighted by molar-refractivity contribution is 0.184. The van der Waals surface area contributed by atoms with Crippen molar-refractivity contribution < 1.29 is 9.53 Å². The van der Waals surface area contributed by atoms with E-state index in [0.717, 1.165) is 49.6 Å². The summed E-state index contributed by atoms with van der Waals surface area (Å²) in [7, 11) is 0. The topological polar surface area (TPSA) is 32.8 Å². The summed E-state index contributed by atoms with van der Waals surface area (Å²) in [6, 6.07) is 7.94. The van der Waals surface area contributed by atoms with Gasteiger partial charge < -0.3 is 9.64 Å². The molecule has 1 saturated heterocycles. The molecule has 0 N–H and O–H groups in total. The predicted octanol–water partition coefficient (Wildman–Crippen LogP) is 5.56. The number of halogens is 1. The van der Waals surface area contributed by atoms with Gasteiger partial charge in [0.2, 0.25) is 0 Å². The number of likely N-dealkylation sites (tertiary alicyclic amines) is 1. The number of benzene rings is 1. The Morgan fingerprint density at radius 3 is 2.89 bits per heavy atom. The molecule has 1 fully saturated rings. The standard InChI is InChI=1S/C22H23ClN2O2/c23-20-8-6-18(7-9-20)19-10-11-24(15-19)22(26)25-12-13-27-21(16-25)14-17-4-2-1-3-5-17/h1-2,4,6-9,12-13,16,19H,3,5,10-11,14-15H2. The second-order valence-electron chi connectivity index (χ2n) is 7.14. The summed E-state index contributed by atoms with van der Waals surface area (Å²) < 4.78 is 5.62.